The van der Waals surface area contributed by atoms with Crippen LogP contribution in [0.25, 0.3) is 0 Å². The van der Waals surface area contributed by atoms with Gasteiger partial charge in [0.25, 0.3) is 0 Å². The van der Waals surface area contributed by atoms with Crippen LogP contribution in [-0.4, -0.2) is 67.1 Å². The van der Waals surface area contributed by atoms with Crippen molar-refractivity contribution in [3.8, 4) is 0 Å². The summed E-state index contributed by atoms with van der Waals surface area (Å²) in [6, 6.07) is -1.46. The van der Waals surface area contributed by atoms with E-state index in [1.165, 1.54) is 0 Å². The number of hydrogen-bond donors (Lipinski definition) is 3. The van der Waals surface area contributed by atoms with Crippen molar-refractivity contribution in [1.82, 2.24) is 25.0 Å². The molecule has 2 atom stereocenters. The van der Waals surface area contributed by atoms with Crippen LogP contribution in [-0.2, 0) is 18.3 Å². The number of amides is 2. The SMILES string of the molecule is Cn1cnnc1CCNC(=O)N1C[C@@H](O)C[C@H]1C(=O)O. The molecule has 0 unspecified atom stereocenters. The fourth-order valence-corrected chi connectivity index (χ4v) is 2.19. The zero-order chi connectivity index (χ0) is 14.7. The summed E-state index contributed by atoms with van der Waals surface area (Å²) in [6.45, 7) is 0.358. The van der Waals surface area contributed by atoms with E-state index in [0.717, 1.165) is 10.7 Å². The number of aromatic nitrogens is 3. The molecule has 2 heterocycles. The van der Waals surface area contributed by atoms with Crippen molar-refractivity contribution in [3.05, 3.63) is 12.2 Å². The molecule has 1 aliphatic rings. The fraction of sp³-hybridized carbons (Fsp3) is 0.636. The predicted octanol–water partition coefficient (Wildman–Crippen LogP) is -1.41. The number of rotatable bonds is 4. The van der Waals surface area contributed by atoms with Crippen molar-refractivity contribution < 1.29 is 19.8 Å². The number of nitrogens with zero attached hydrogens (tertiary/aromatic N) is 4. The van der Waals surface area contributed by atoms with E-state index < -0.39 is 24.1 Å². The van der Waals surface area contributed by atoms with Gasteiger partial charge in [0.1, 0.15) is 18.2 Å². The number of hydrogen-bond acceptors (Lipinski definition) is 5. The van der Waals surface area contributed by atoms with E-state index in [1.54, 1.807) is 17.9 Å². The molecule has 0 aromatic carbocycles. The third kappa shape index (κ3) is 3.05. The van der Waals surface area contributed by atoms with Crippen LogP contribution in [0, 0.1) is 0 Å². The summed E-state index contributed by atoms with van der Waals surface area (Å²) >= 11 is 0. The molecule has 1 aliphatic heterocycles. The smallest absolute Gasteiger partial charge is 0.326 e. The first kappa shape index (κ1) is 14.3. The zero-order valence-electron chi connectivity index (χ0n) is 11.1. The number of aliphatic hydroxyl groups excluding tert-OH is 1. The van der Waals surface area contributed by atoms with E-state index in [2.05, 4.69) is 15.5 Å². The number of aliphatic hydroxyl groups is 1. The Morgan fingerprint density at radius 2 is 2.30 bits per heavy atom. The molecule has 2 amide bonds. The standard InChI is InChI=1S/C11H17N5O4/c1-15-6-13-14-9(15)2-3-12-11(20)16-5-7(17)4-8(16)10(18)19/h6-8,17H,2-5H2,1H3,(H,12,20)(H,18,19)/t7-,8-/m0/s1. The summed E-state index contributed by atoms with van der Waals surface area (Å²) in [4.78, 5) is 24.1. The minimum Gasteiger partial charge on any atom is -0.480 e. The van der Waals surface area contributed by atoms with Gasteiger partial charge in [-0.1, -0.05) is 0 Å². The maximum Gasteiger partial charge on any atom is 0.326 e. The number of carbonyl (C=O) groups is 2. The van der Waals surface area contributed by atoms with Crippen molar-refractivity contribution in [3.63, 3.8) is 0 Å². The third-order valence-electron chi connectivity index (χ3n) is 3.25. The Bertz CT molecular complexity index is 503. The van der Waals surface area contributed by atoms with Gasteiger partial charge in [-0.3, -0.25) is 0 Å². The Morgan fingerprint density at radius 1 is 1.55 bits per heavy atom. The monoisotopic (exact) mass is 283 g/mol. The van der Waals surface area contributed by atoms with Crippen LogP contribution >= 0.6 is 0 Å². The molecule has 1 saturated heterocycles. The van der Waals surface area contributed by atoms with Crippen molar-refractivity contribution in [2.75, 3.05) is 13.1 Å². The number of aryl methyl sites for hydroxylation is 1. The Balaban J connectivity index is 1.85. The Labute approximate surface area is 115 Å². The van der Waals surface area contributed by atoms with E-state index in [4.69, 9.17) is 5.11 Å². The summed E-state index contributed by atoms with van der Waals surface area (Å²) < 4.78 is 1.74. The van der Waals surface area contributed by atoms with Gasteiger partial charge in [-0.05, 0) is 0 Å². The highest BCUT2D eigenvalue weighted by molar-refractivity contribution is 5.83. The molecule has 2 rings (SSSR count). The Morgan fingerprint density at radius 3 is 2.90 bits per heavy atom. The average Bonchev–Trinajstić information content (AvgIpc) is 2.96. The highest BCUT2D eigenvalue weighted by Gasteiger charge is 2.38. The van der Waals surface area contributed by atoms with Gasteiger partial charge < -0.3 is 25.0 Å². The number of carboxylic acids is 1. The second kappa shape index (κ2) is 5.87. The van der Waals surface area contributed by atoms with Crippen molar-refractivity contribution in [1.29, 1.82) is 0 Å². The molecule has 1 fully saturated rings. The molecule has 3 N–H and O–H groups in total. The number of aliphatic carboxylic acids is 1. The predicted molar refractivity (Wildman–Crippen MR) is 66.9 cm³/mol. The zero-order valence-corrected chi connectivity index (χ0v) is 11.1. The first-order valence-corrected chi connectivity index (χ1v) is 6.27. The van der Waals surface area contributed by atoms with Crippen LogP contribution in [0.3, 0.4) is 0 Å². The first-order chi connectivity index (χ1) is 9.49. The molecule has 0 saturated carbocycles. The van der Waals surface area contributed by atoms with Gasteiger partial charge in [0.2, 0.25) is 0 Å². The summed E-state index contributed by atoms with van der Waals surface area (Å²) in [5, 5.41) is 28.7. The lowest BCUT2D eigenvalue weighted by Gasteiger charge is -2.21. The number of β-amino-alcohol motifs (C(OH)–C–C–N with tert-alkyl or cyclic N) is 1. The summed E-state index contributed by atoms with van der Waals surface area (Å²) in [7, 11) is 1.80. The summed E-state index contributed by atoms with van der Waals surface area (Å²) in [6.07, 6.45) is 1.33. The van der Waals surface area contributed by atoms with Crippen LogP contribution < -0.4 is 5.32 Å². The third-order valence-corrected chi connectivity index (χ3v) is 3.25. The molecular formula is C11H17N5O4. The number of carboxylic acid groups (broad SMARTS) is 1. The molecule has 9 heteroatoms. The molecule has 1 aromatic heterocycles. The van der Waals surface area contributed by atoms with Crippen molar-refractivity contribution >= 4 is 12.0 Å². The van der Waals surface area contributed by atoms with Gasteiger partial charge in [-0.25, -0.2) is 9.59 Å². The molecule has 0 radical (unpaired) electrons. The van der Waals surface area contributed by atoms with Crippen LogP contribution in [0.2, 0.25) is 0 Å². The summed E-state index contributed by atoms with van der Waals surface area (Å²) in [5.41, 5.74) is 0. The normalized spacial score (nSPS) is 22.0. The van der Waals surface area contributed by atoms with E-state index in [1.807, 2.05) is 0 Å². The number of nitrogens with one attached hydrogen (secondary N) is 1. The van der Waals surface area contributed by atoms with E-state index in [0.29, 0.717) is 13.0 Å². The van der Waals surface area contributed by atoms with Crippen molar-refractivity contribution in [2.45, 2.75) is 25.0 Å². The molecular weight excluding hydrogens is 266 g/mol. The Hall–Kier alpha value is -2.16. The van der Waals surface area contributed by atoms with E-state index in [-0.39, 0.29) is 13.0 Å². The fourth-order valence-electron chi connectivity index (χ4n) is 2.19. The van der Waals surface area contributed by atoms with Gasteiger partial charge >= 0.3 is 12.0 Å². The van der Waals surface area contributed by atoms with Gasteiger partial charge in [0.15, 0.2) is 0 Å². The molecule has 0 spiro atoms. The van der Waals surface area contributed by atoms with Gasteiger partial charge in [0, 0.05) is 33.0 Å². The minimum absolute atomic E-state index is 0.0345. The largest absolute Gasteiger partial charge is 0.480 e. The maximum atomic E-state index is 11.9. The second-order valence-corrected chi connectivity index (χ2v) is 4.74. The number of carbonyl (C=O) groups excluding carboxylic acids is 1. The maximum absolute atomic E-state index is 11.9. The average molecular weight is 283 g/mol. The number of likely N-dealkylation sites (tertiary alicyclic amines) is 1. The highest BCUT2D eigenvalue weighted by atomic mass is 16.4. The minimum atomic E-state index is -1.11. The summed E-state index contributed by atoms with van der Waals surface area (Å²) in [5.74, 6) is -0.383. The van der Waals surface area contributed by atoms with Gasteiger partial charge in [-0.2, -0.15) is 0 Å². The quantitative estimate of drug-likeness (QED) is 0.624. The van der Waals surface area contributed by atoms with Gasteiger partial charge in [-0.15, -0.1) is 10.2 Å². The van der Waals surface area contributed by atoms with Crippen LogP contribution in [0.5, 0.6) is 0 Å². The molecule has 9 nitrogen and oxygen atoms in total. The highest BCUT2D eigenvalue weighted by Crippen LogP contribution is 2.17. The van der Waals surface area contributed by atoms with Crippen LogP contribution in [0.15, 0.2) is 6.33 Å². The van der Waals surface area contributed by atoms with E-state index in [9.17, 15) is 14.7 Å². The lowest BCUT2D eigenvalue weighted by atomic mass is 10.2. The van der Waals surface area contributed by atoms with Crippen LogP contribution in [0.1, 0.15) is 12.2 Å². The number of urea groups is 1. The first-order valence-electron chi connectivity index (χ1n) is 6.27. The van der Waals surface area contributed by atoms with E-state index >= 15 is 0 Å². The van der Waals surface area contributed by atoms with Crippen LogP contribution in [0.4, 0.5) is 4.79 Å². The van der Waals surface area contributed by atoms with Gasteiger partial charge in [0.05, 0.1) is 6.10 Å². The molecule has 20 heavy (non-hydrogen) atoms. The molecule has 1 aromatic rings. The second-order valence-electron chi connectivity index (χ2n) is 4.74. The lowest BCUT2D eigenvalue weighted by molar-refractivity contribution is -0.141. The Kier molecular flexibility index (Phi) is 4.18. The molecule has 0 aliphatic carbocycles. The van der Waals surface area contributed by atoms with Crippen molar-refractivity contribution in [2.24, 2.45) is 7.05 Å². The molecule has 0 bridgehead atoms. The topological polar surface area (TPSA) is 121 Å². The molecule has 110 valence electrons. The lowest BCUT2D eigenvalue weighted by Crippen LogP contribution is -2.46.